The summed E-state index contributed by atoms with van der Waals surface area (Å²) in [6.07, 6.45) is 2.05. The van der Waals surface area contributed by atoms with Crippen LogP contribution in [0.1, 0.15) is 19.8 Å². The first kappa shape index (κ1) is 11.6. The highest BCUT2D eigenvalue weighted by atomic mass is 32.2. The molecular formula is C12H17NO2S. The van der Waals surface area contributed by atoms with Crippen LogP contribution in [-0.2, 0) is 10.0 Å². The molecule has 1 saturated heterocycles. The lowest BCUT2D eigenvalue weighted by Gasteiger charge is -2.16. The maximum absolute atomic E-state index is 12.2. The number of nitrogens with zero attached hydrogens (tertiary/aromatic N) is 1. The van der Waals surface area contributed by atoms with Crippen molar-refractivity contribution in [1.82, 2.24) is 4.31 Å². The van der Waals surface area contributed by atoms with Crippen LogP contribution in [0.2, 0.25) is 0 Å². The monoisotopic (exact) mass is 239 g/mol. The first-order valence-corrected chi connectivity index (χ1v) is 7.14. The second-order valence-corrected chi connectivity index (χ2v) is 6.18. The summed E-state index contributed by atoms with van der Waals surface area (Å²) in [6.45, 7) is 3.45. The maximum Gasteiger partial charge on any atom is 0.243 e. The number of hydrogen-bond donors (Lipinski definition) is 0. The molecule has 0 N–H and O–H groups in total. The predicted molar refractivity (Wildman–Crippen MR) is 63.6 cm³/mol. The first-order valence-electron chi connectivity index (χ1n) is 5.70. The molecule has 1 unspecified atom stereocenters. The Balaban J connectivity index is 2.21. The Morgan fingerprint density at radius 2 is 2.00 bits per heavy atom. The van der Waals surface area contributed by atoms with Crippen LogP contribution in [0.4, 0.5) is 0 Å². The van der Waals surface area contributed by atoms with Crippen LogP contribution in [0.15, 0.2) is 35.2 Å². The van der Waals surface area contributed by atoms with Gasteiger partial charge in [0.1, 0.15) is 0 Å². The van der Waals surface area contributed by atoms with E-state index in [2.05, 4.69) is 6.92 Å². The molecule has 0 aliphatic carbocycles. The van der Waals surface area contributed by atoms with Gasteiger partial charge >= 0.3 is 0 Å². The Morgan fingerprint density at radius 1 is 1.31 bits per heavy atom. The van der Waals surface area contributed by atoms with E-state index in [1.54, 1.807) is 28.6 Å². The normalized spacial score (nSPS) is 22.4. The molecule has 0 spiro atoms. The van der Waals surface area contributed by atoms with E-state index in [1.807, 2.05) is 6.07 Å². The highest BCUT2D eigenvalue weighted by Crippen LogP contribution is 2.25. The van der Waals surface area contributed by atoms with Crippen molar-refractivity contribution in [3.63, 3.8) is 0 Å². The Kier molecular flexibility index (Phi) is 3.30. The number of sulfonamides is 1. The van der Waals surface area contributed by atoms with Crippen LogP contribution in [0.5, 0.6) is 0 Å². The zero-order chi connectivity index (χ0) is 11.6. The lowest BCUT2D eigenvalue weighted by molar-refractivity contribution is 0.453. The molecular weight excluding hydrogens is 222 g/mol. The largest absolute Gasteiger partial charge is 0.243 e. The van der Waals surface area contributed by atoms with Gasteiger partial charge in [0.2, 0.25) is 10.0 Å². The van der Waals surface area contributed by atoms with Crippen molar-refractivity contribution in [2.75, 3.05) is 13.1 Å². The number of hydrogen-bond acceptors (Lipinski definition) is 2. The van der Waals surface area contributed by atoms with E-state index in [0.29, 0.717) is 23.9 Å². The fourth-order valence-corrected chi connectivity index (χ4v) is 3.64. The van der Waals surface area contributed by atoms with E-state index in [1.165, 1.54) is 0 Å². The van der Waals surface area contributed by atoms with Gasteiger partial charge in [0.25, 0.3) is 0 Å². The summed E-state index contributed by atoms with van der Waals surface area (Å²) >= 11 is 0. The minimum absolute atomic E-state index is 0.409. The molecule has 1 fully saturated rings. The van der Waals surface area contributed by atoms with Crippen LogP contribution >= 0.6 is 0 Å². The molecule has 1 atom stereocenters. The molecule has 1 aromatic carbocycles. The summed E-state index contributed by atoms with van der Waals surface area (Å²) in [5.41, 5.74) is 0. The molecule has 1 aliphatic rings. The molecule has 16 heavy (non-hydrogen) atoms. The van der Waals surface area contributed by atoms with Crippen LogP contribution in [0, 0.1) is 5.92 Å². The summed E-state index contributed by atoms with van der Waals surface area (Å²) in [4.78, 5) is 0.409. The molecule has 0 radical (unpaired) electrons. The maximum atomic E-state index is 12.2. The van der Waals surface area contributed by atoms with Gasteiger partial charge in [-0.15, -0.1) is 0 Å². The molecule has 1 heterocycles. The van der Waals surface area contributed by atoms with Crippen molar-refractivity contribution in [3.05, 3.63) is 30.3 Å². The van der Waals surface area contributed by atoms with Crippen LogP contribution in [0.25, 0.3) is 0 Å². The highest BCUT2D eigenvalue weighted by molar-refractivity contribution is 7.89. The number of benzene rings is 1. The van der Waals surface area contributed by atoms with Gasteiger partial charge in [0.05, 0.1) is 4.90 Å². The summed E-state index contributed by atoms with van der Waals surface area (Å²) in [7, 11) is -3.25. The minimum atomic E-state index is -3.25. The fraction of sp³-hybridized carbons (Fsp3) is 0.500. The predicted octanol–water partition coefficient (Wildman–Crippen LogP) is 2.11. The van der Waals surface area contributed by atoms with Crippen molar-refractivity contribution >= 4 is 10.0 Å². The Bertz CT molecular complexity index is 441. The van der Waals surface area contributed by atoms with Crippen LogP contribution in [-0.4, -0.2) is 25.8 Å². The second kappa shape index (κ2) is 4.55. The Morgan fingerprint density at radius 3 is 2.56 bits per heavy atom. The summed E-state index contributed by atoms with van der Waals surface area (Å²) in [5.74, 6) is 0.526. The van der Waals surface area contributed by atoms with E-state index >= 15 is 0 Å². The Hall–Kier alpha value is -0.870. The molecule has 0 aromatic heterocycles. The number of rotatable bonds is 3. The van der Waals surface area contributed by atoms with Gasteiger partial charge in [-0.25, -0.2) is 8.42 Å². The quantitative estimate of drug-likeness (QED) is 0.810. The van der Waals surface area contributed by atoms with Crippen LogP contribution < -0.4 is 0 Å². The smallest absolute Gasteiger partial charge is 0.207 e. The van der Waals surface area contributed by atoms with E-state index in [4.69, 9.17) is 0 Å². The van der Waals surface area contributed by atoms with E-state index in [9.17, 15) is 8.42 Å². The van der Waals surface area contributed by atoms with Gasteiger partial charge in [0, 0.05) is 13.1 Å². The average molecular weight is 239 g/mol. The molecule has 88 valence electrons. The average Bonchev–Trinajstić information content (AvgIpc) is 2.79. The molecule has 0 saturated carbocycles. The van der Waals surface area contributed by atoms with Gasteiger partial charge in [0.15, 0.2) is 0 Å². The second-order valence-electron chi connectivity index (χ2n) is 4.24. The van der Waals surface area contributed by atoms with E-state index < -0.39 is 10.0 Å². The third kappa shape index (κ3) is 2.13. The van der Waals surface area contributed by atoms with Crippen molar-refractivity contribution in [2.24, 2.45) is 5.92 Å². The van der Waals surface area contributed by atoms with Crippen molar-refractivity contribution in [2.45, 2.75) is 24.7 Å². The molecule has 4 heteroatoms. The molecule has 0 bridgehead atoms. The third-order valence-corrected chi connectivity index (χ3v) is 5.09. The van der Waals surface area contributed by atoms with Crippen LogP contribution in [0.3, 0.4) is 0 Å². The SMILES string of the molecule is CCC1CCN(S(=O)(=O)c2ccccc2)C1. The molecule has 1 aromatic rings. The van der Waals surface area contributed by atoms with Gasteiger partial charge in [-0.3, -0.25) is 0 Å². The Labute approximate surface area is 97.1 Å². The summed E-state index contributed by atoms with van der Waals surface area (Å²) < 4.78 is 26.1. The molecule has 3 nitrogen and oxygen atoms in total. The van der Waals surface area contributed by atoms with Gasteiger partial charge in [-0.1, -0.05) is 31.5 Å². The third-order valence-electron chi connectivity index (χ3n) is 3.21. The first-order chi connectivity index (χ1) is 7.64. The molecule has 2 rings (SSSR count). The zero-order valence-electron chi connectivity index (χ0n) is 9.46. The molecule has 0 amide bonds. The lowest BCUT2D eigenvalue weighted by atomic mass is 10.1. The molecule has 1 aliphatic heterocycles. The van der Waals surface area contributed by atoms with Gasteiger partial charge in [-0.2, -0.15) is 4.31 Å². The van der Waals surface area contributed by atoms with Gasteiger partial charge < -0.3 is 0 Å². The summed E-state index contributed by atoms with van der Waals surface area (Å²) in [6, 6.07) is 8.68. The van der Waals surface area contributed by atoms with Crippen molar-refractivity contribution in [1.29, 1.82) is 0 Å². The lowest BCUT2D eigenvalue weighted by Crippen LogP contribution is -2.28. The van der Waals surface area contributed by atoms with E-state index in [0.717, 1.165) is 12.8 Å². The van der Waals surface area contributed by atoms with Gasteiger partial charge in [-0.05, 0) is 24.5 Å². The fourth-order valence-electron chi connectivity index (χ4n) is 2.09. The minimum Gasteiger partial charge on any atom is -0.207 e. The van der Waals surface area contributed by atoms with Crippen molar-refractivity contribution < 1.29 is 8.42 Å². The van der Waals surface area contributed by atoms with Crippen molar-refractivity contribution in [3.8, 4) is 0 Å². The topological polar surface area (TPSA) is 37.4 Å². The summed E-state index contributed by atoms with van der Waals surface area (Å²) in [5, 5.41) is 0. The van der Waals surface area contributed by atoms with E-state index in [-0.39, 0.29) is 0 Å². The zero-order valence-corrected chi connectivity index (χ0v) is 10.3. The highest BCUT2D eigenvalue weighted by Gasteiger charge is 2.31. The standard InChI is InChI=1S/C12H17NO2S/c1-2-11-8-9-13(10-11)16(14,15)12-6-4-3-5-7-12/h3-7,11H,2,8-10H2,1H3.